The van der Waals surface area contributed by atoms with Crippen molar-refractivity contribution < 1.29 is 22.3 Å². The first kappa shape index (κ1) is 16.2. The third-order valence-electron chi connectivity index (χ3n) is 3.15. The fourth-order valence-corrected chi connectivity index (χ4v) is 3.35. The molecule has 0 spiro atoms. The van der Waals surface area contributed by atoms with Crippen molar-refractivity contribution in [2.24, 2.45) is 0 Å². The van der Waals surface area contributed by atoms with E-state index in [1.807, 2.05) is 4.72 Å². The summed E-state index contributed by atoms with van der Waals surface area (Å²) < 4.78 is 44.6. The summed E-state index contributed by atoms with van der Waals surface area (Å²) in [5.41, 5.74) is 0. The van der Waals surface area contributed by atoms with Crippen LogP contribution < -0.4 is 4.72 Å². The molecule has 21 heavy (non-hydrogen) atoms. The van der Waals surface area contributed by atoms with E-state index in [9.17, 15) is 17.6 Å². The molecule has 0 aromatic heterocycles. The number of hydrogen-bond donors (Lipinski definition) is 1. The molecule has 1 atom stereocenters. The number of carbonyl (C=O) groups excluding carboxylic acids is 1. The number of ether oxygens (including phenoxy) is 1. The van der Waals surface area contributed by atoms with E-state index in [0.29, 0.717) is 13.0 Å². The molecule has 1 N–H and O–H groups in total. The van der Waals surface area contributed by atoms with Crippen molar-refractivity contribution in [1.82, 2.24) is 4.72 Å². The van der Waals surface area contributed by atoms with E-state index < -0.39 is 26.6 Å². The molecule has 116 valence electrons. The first-order chi connectivity index (χ1) is 9.88. The van der Waals surface area contributed by atoms with Gasteiger partial charge >= 0.3 is 0 Å². The van der Waals surface area contributed by atoms with Gasteiger partial charge in [0.1, 0.15) is 10.7 Å². The second-order valence-corrected chi connectivity index (χ2v) is 6.86. The van der Waals surface area contributed by atoms with Gasteiger partial charge in [0, 0.05) is 18.1 Å². The summed E-state index contributed by atoms with van der Waals surface area (Å²) >= 11 is 5.56. The molecule has 0 aliphatic carbocycles. The maximum Gasteiger partial charge on any atom is 0.266 e. The van der Waals surface area contributed by atoms with Gasteiger partial charge in [0.2, 0.25) is 5.91 Å². The Bertz CT molecular complexity index is 629. The number of nitrogens with one attached hydrogen (secondary N) is 1. The number of sulfonamides is 1. The summed E-state index contributed by atoms with van der Waals surface area (Å²) in [6, 6.07) is 3.15. The first-order valence-corrected chi connectivity index (χ1v) is 8.37. The van der Waals surface area contributed by atoms with Crippen molar-refractivity contribution >= 4 is 27.5 Å². The molecule has 5 nitrogen and oxygen atoms in total. The summed E-state index contributed by atoms with van der Waals surface area (Å²) in [5.74, 6) is -1.68. The van der Waals surface area contributed by atoms with Crippen LogP contribution in [0.5, 0.6) is 0 Å². The highest BCUT2D eigenvalue weighted by Crippen LogP contribution is 2.20. The molecule has 0 bridgehead atoms. The van der Waals surface area contributed by atoms with Crippen LogP contribution >= 0.6 is 11.6 Å². The van der Waals surface area contributed by atoms with Crippen molar-refractivity contribution in [3.05, 3.63) is 29.0 Å². The Morgan fingerprint density at radius 3 is 2.86 bits per heavy atom. The predicted molar refractivity (Wildman–Crippen MR) is 74.9 cm³/mol. The maximum absolute atomic E-state index is 13.6. The van der Waals surface area contributed by atoms with Crippen LogP contribution in [0.4, 0.5) is 4.39 Å². The summed E-state index contributed by atoms with van der Waals surface area (Å²) in [7, 11) is -4.23. The van der Waals surface area contributed by atoms with E-state index in [4.69, 9.17) is 16.3 Å². The fraction of sp³-hybridized carbons (Fsp3) is 0.462. The number of amides is 1. The van der Waals surface area contributed by atoms with Gasteiger partial charge in [-0.3, -0.25) is 4.79 Å². The minimum atomic E-state index is -4.23. The van der Waals surface area contributed by atoms with Crippen molar-refractivity contribution in [1.29, 1.82) is 0 Å². The Hall–Kier alpha value is -1.18. The van der Waals surface area contributed by atoms with E-state index in [2.05, 4.69) is 0 Å². The molecule has 1 aliphatic rings. The van der Waals surface area contributed by atoms with Crippen LogP contribution in [0.1, 0.15) is 25.7 Å². The minimum absolute atomic E-state index is 0.00859. The molecule has 2 rings (SSSR count). The highest BCUT2D eigenvalue weighted by atomic mass is 35.5. The molecule has 8 heteroatoms. The second kappa shape index (κ2) is 6.72. The van der Waals surface area contributed by atoms with Gasteiger partial charge in [-0.15, -0.1) is 0 Å². The van der Waals surface area contributed by atoms with Gasteiger partial charge in [0.15, 0.2) is 0 Å². The van der Waals surface area contributed by atoms with E-state index in [0.717, 1.165) is 25.0 Å². The largest absolute Gasteiger partial charge is 0.378 e. The average Bonchev–Trinajstić information content (AvgIpc) is 2.88. The van der Waals surface area contributed by atoms with Crippen LogP contribution in [0.3, 0.4) is 0 Å². The molecular weight excluding hydrogens is 321 g/mol. The highest BCUT2D eigenvalue weighted by molar-refractivity contribution is 7.90. The Balaban J connectivity index is 1.97. The van der Waals surface area contributed by atoms with Crippen LogP contribution in [0, 0.1) is 5.82 Å². The predicted octanol–water partition coefficient (Wildman–Crippen LogP) is 2.24. The number of carbonyl (C=O) groups is 1. The lowest BCUT2D eigenvalue weighted by Crippen LogP contribution is -2.31. The van der Waals surface area contributed by atoms with Gasteiger partial charge in [-0.1, -0.05) is 11.6 Å². The lowest BCUT2D eigenvalue weighted by molar-refractivity contribution is -0.119. The normalized spacial score (nSPS) is 18.7. The third-order valence-corrected chi connectivity index (χ3v) is 4.79. The maximum atomic E-state index is 13.6. The molecule has 1 saturated heterocycles. The zero-order chi connectivity index (χ0) is 15.5. The molecule has 1 unspecified atom stereocenters. The number of rotatable bonds is 5. The number of benzene rings is 1. The lowest BCUT2D eigenvalue weighted by Gasteiger charge is -2.10. The van der Waals surface area contributed by atoms with Crippen molar-refractivity contribution in [2.45, 2.75) is 36.7 Å². The second-order valence-electron chi connectivity index (χ2n) is 4.78. The van der Waals surface area contributed by atoms with Crippen LogP contribution in [-0.2, 0) is 19.6 Å². The molecule has 1 heterocycles. The SMILES string of the molecule is O=C(CCC1CCCO1)NS(=O)(=O)c1ccc(Cl)cc1F. The molecule has 1 aromatic carbocycles. The Morgan fingerprint density at radius 1 is 1.48 bits per heavy atom. The van der Waals surface area contributed by atoms with Gasteiger partial charge in [0.25, 0.3) is 10.0 Å². The van der Waals surface area contributed by atoms with E-state index >= 15 is 0 Å². The van der Waals surface area contributed by atoms with Crippen LogP contribution in [0.25, 0.3) is 0 Å². The molecule has 1 aromatic rings. The number of halogens is 2. The van der Waals surface area contributed by atoms with Gasteiger partial charge in [-0.25, -0.2) is 17.5 Å². The average molecular weight is 336 g/mol. The minimum Gasteiger partial charge on any atom is -0.378 e. The highest BCUT2D eigenvalue weighted by Gasteiger charge is 2.23. The van der Waals surface area contributed by atoms with Crippen molar-refractivity contribution in [3.63, 3.8) is 0 Å². The zero-order valence-corrected chi connectivity index (χ0v) is 12.7. The molecule has 0 radical (unpaired) electrons. The summed E-state index contributed by atoms with van der Waals surface area (Å²) in [5, 5.41) is 0.0798. The quantitative estimate of drug-likeness (QED) is 0.895. The van der Waals surface area contributed by atoms with Crippen LogP contribution in [0.2, 0.25) is 5.02 Å². The van der Waals surface area contributed by atoms with Crippen molar-refractivity contribution in [2.75, 3.05) is 6.61 Å². The zero-order valence-electron chi connectivity index (χ0n) is 11.1. The fourth-order valence-electron chi connectivity index (χ4n) is 2.11. The van der Waals surface area contributed by atoms with Gasteiger partial charge in [-0.2, -0.15) is 0 Å². The smallest absolute Gasteiger partial charge is 0.266 e. The van der Waals surface area contributed by atoms with Crippen LogP contribution in [0.15, 0.2) is 23.1 Å². The standard InChI is InChI=1S/C13H15ClFNO4S/c14-9-3-5-12(11(15)8-9)21(18,19)16-13(17)6-4-10-2-1-7-20-10/h3,5,8,10H,1-2,4,6-7H2,(H,16,17). The lowest BCUT2D eigenvalue weighted by atomic mass is 10.1. The topological polar surface area (TPSA) is 72.5 Å². The van der Waals surface area contributed by atoms with E-state index in [-0.39, 0.29) is 17.5 Å². The van der Waals surface area contributed by atoms with E-state index in [1.54, 1.807) is 0 Å². The van der Waals surface area contributed by atoms with Crippen molar-refractivity contribution in [3.8, 4) is 0 Å². The molecule has 0 saturated carbocycles. The molecular formula is C13H15ClFNO4S. The third kappa shape index (κ3) is 4.39. The monoisotopic (exact) mass is 335 g/mol. The van der Waals surface area contributed by atoms with E-state index in [1.165, 1.54) is 6.07 Å². The van der Waals surface area contributed by atoms with Gasteiger partial charge < -0.3 is 4.74 Å². The Morgan fingerprint density at radius 2 is 2.24 bits per heavy atom. The molecule has 1 aliphatic heterocycles. The van der Waals surface area contributed by atoms with Gasteiger partial charge in [-0.05, 0) is 37.5 Å². The first-order valence-electron chi connectivity index (χ1n) is 6.51. The number of hydrogen-bond acceptors (Lipinski definition) is 4. The summed E-state index contributed by atoms with van der Waals surface area (Å²) in [6.07, 6.45) is 2.27. The molecule has 1 amide bonds. The summed E-state index contributed by atoms with van der Waals surface area (Å²) in [4.78, 5) is 11.1. The van der Waals surface area contributed by atoms with Crippen LogP contribution in [-0.4, -0.2) is 27.0 Å². The summed E-state index contributed by atoms with van der Waals surface area (Å²) in [6.45, 7) is 0.667. The Kier molecular flexibility index (Phi) is 5.18. The molecule has 1 fully saturated rings. The Labute approximate surface area is 127 Å². The van der Waals surface area contributed by atoms with Gasteiger partial charge in [0.05, 0.1) is 6.10 Å².